The fourth-order valence-corrected chi connectivity index (χ4v) is 3.30. The number of nitrogens with one attached hydrogen (secondary N) is 1. The van der Waals surface area contributed by atoms with Crippen LogP contribution in [-0.2, 0) is 13.1 Å². The van der Waals surface area contributed by atoms with E-state index >= 15 is 0 Å². The maximum Gasteiger partial charge on any atom is 0.251 e. The Morgan fingerprint density at radius 1 is 1.07 bits per heavy atom. The van der Waals surface area contributed by atoms with Crippen molar-refractivity contribution < 1.29 is 13.9 Å². The number of carbonyl (C=O) groups excluding carboxylic acids is 1. The number of fused-ring (bicyclic) bond motifs is 1. The average molecular weight is 403 g/mol. The minimum Gasteiger partial charge on any atom is -0.494 e. The molecule has 1 amide bonds. The molecule has 1 aromatic heterocycles. The van der Waals surface area contributed by atoms with Crippen molar-refractivity contribution in [3.05, 3.63) is 95.4 Å². The predicted octanol–water partition coefficient (Wildman–Crippen LogP) is 4.55. The van der Waals surface area contributed by atoms with E-state index in [1.165, 1.54) is 12.1 Å². The summed E-state index contributed by atoms with van der Waals surface area (Å²) in [4.78, 5) is 12.7. The monoisotopic (exact) mass is 403 g/mol. The highest BCUT2D eigenvalue weighted by Crippen LogP contribution is 2.18. The number of rotatable bonds is 7. The van der Waals surface area contributed by atoms with Gasteiger partial charge in [0.25, 0.3) is 5.91 Å². The van der Waals surface area contributed by atoms with E-state index in [0.29, 0.717) is 25.3 Å². The Balaban J connectivity index is 1.49. The Morgan fingerprint density at radius 2 is 1.90 bits per heavy atom. The highest BCUT2D eigenvalue weighted by atomic mass is 19.1. The average Bonchev–Trinajstić information content (AvgIpc) is 3.16. The largest absolute Gasteiger partial charge is 0.494 e. The lowest BCUT2D eigenvalue weighted by Crippen LogP contribution is -2.22. The minimum atomic E-state index is -0.269. The molecule has 4 aromatic rings. The van der Waals surface area contributed by atoms with Gasteiger partial charge in [-0.05, 0) is 54.4 Å². The van der Waals surface area contributed by atoms with E-state index in [4.69, 9.17) is 4.74 Å². The Labute approximate surface area is 174 Å². The second-order valence-corrected chi connectivity index (χ2v) is 6.97. The summed E-state index contributed by atoms with van der Waals surface area (Å²) >= 11 is 0. The van der Waals surface area contributed by atoms with Gasteiger partial charge in [-0.2, -0.15) is 5.10 Å². The number of nitrogens with zero attached hydrogens (tertiary/aromatic N) is 2. The summed E-state index contributed by atoms with van der Waals surface area (Å²) in [5.41, 5.74) is 3.32. The second kappa shape index (κ2) is 8.78. The number of carbonyl (C=O) groups is 1. The molecular formula is C24H22FN3O2. The van der Waals surface area contributed by atoms with Crippen molar-refractivity contribution in [2.75, 3.05) is 6.61 Å². The van der Waals surface area contributed by atoms with E-state index in [9.17, 15) is 9.18 Å². The number of benzene rings is 3. The van der Waals surface area contributed by atoms with Crippen molar-refractivity contribution in [3.8, 4) is 5.75 Å². The fourth-order valence-electron chi connectivity index (χ4n) is 3.30. The summed E-state index contributed by atoms with van der Waals surface area (Å²) in [6.07, 6.45) is 1.76. The maximum atomic E-state index is 13.1. The highest BCUT2D eigenvalue weighted by molar-refractivity contribution is 5.97. The molecule has 0 spiro atoms. The molecule has 0 saturated heterocycles. The van der Waals surface area contributed by atoms with E-state index in [2.05, 4.69) is 10.4 Å². The molecule has 0 aliphatic rings. The van der Waals surface area contributed by atoms with Crippen molar-refractivity contribution in [2.45, 2.75) is 20.0 Å². The van der Waals surface area contributed by atoms with E-state index in [1.807, 2.05) is 48.0 Å². The lowest BCUT2D eigenvalue weighted by molar-refractivity contribution is 0.0951. The summed E-state index contributed by atoms with van der Waals surface area (Å²) in [6.45, 7) is 3.44. The van der Waals surface area contributed by atoms with Crippen LogP contribution in [0.4, 0.5) is 4.39 Å². The van der Waals surface area contributed by atoms with Crippen molar-refractivity contribution in [2.24, 2.45) is 0 Å². The van der Waals surface area contributed by atoms with Crippen molar-refractivity contribution in [1.29, 1.82) is 0 Å². The van der Waals surface area contributed by atoms with Crippen LogP contribution in [0.15, 0.2) is 72.9 Å². The van der Waals surface area contributed by atoms with Crippen LogP contribution in [0.5, 0.6) is 5.75 Å². The zero-order valence-electron chi connectivity index (χ0n) is 16.6. The van der Waals surface area contributed by atoms with Crippen molar-refractivity contribution in [1.82, 2.24) is 15.1 Å². The molecule has 0 bridgehead atoms. The van der Waals surface area contributed by atoms with Gasteiger partial charge >= 0.3 is 0 Å². The summed E-state index contributed by atoms with van der Waals surface area (Å²) in [5, 5.41) is 8.31. The van der Waals surface area contributed by atoms with Crippen LogP contribution in [0.1, 0.15) is 28.4 Å². The van der Waals surface area contributed by atoms with E-state index in [0.717, 1.165) is 27.8 Å². The molecule has 0 saturated carbocycles. The molecule has 5 nitrogen and oxygen atoms in total. The summed E-state index contributed by atoms with van der Waals surface area (Å²) < 4.78 is 20.5. The highest BCUT2D eigenvalue weighted by Gasteiger charge is 2.10. The lowest BCUT2D eigenvalue weighted by Gasteiger charge is -2.09. The summed E-state index contributed by atoms with van der Waals surface area (Å²) in [6, 6.07) is 19.5. The van der Waals surface area contributed by atoms with Gasteiger partial charge in [-0.1, -0.05) is 30.3 Å². The third kappa shape index (κ3) is 4.49. The number of halogens is 1. The van der Waals surface area contributed by atoms with Gasteiger partial charge in [-0.3, -0.25) is 9.48 Å². The first-order chi connectivity index (χ1) is 14.6. The molecule has 6 heteroatoms. The van der Waals surface area contributed by atoms with Crippen LogP contribution >= 0.6 is 0 Å². The van der Waals surface area contributed by atoms with Crippen molar-refractivity contribution in [3.63, 3.8) is 0 Å². The number of amides is 1. The molecule has 0 atom stereocenters. The van der Waals surface area contributed by atoms with Crippen LogP contribution in [-0.4, -0.2) is 22.3 Å². The van der Waals surface area contributed by atoms with Crippen LogP contribution in [0.25, 0.3) is 10.9 Å². The Kier molecular flexibility index (Phi) is 5.75. The topological polar surface area (TPSA) is 56.1 Å². The molecular weight excluding hydrogens is 381 g/mol. The van der Waals surface area contributed by atoms with Gasteiger partial charge in [0.05, 0.1) is 24.9 Å². The second-order valence-electron chi connectivity index (χ2n) is 6.97. The van der Waals surface area contributed by atoms with E-state index in [1.54, 1.807) is 24.4 Å². The molecule has 0 radical (unpaired) electrons. The molecule has 1 heterocycles. The number of hydrogen-bond acceptors (Lipinski definition) is 3. The molecule has 4 rings (SSSR count). The first-order valence-electron chi connectivity index (χ1n) is 9.82. The van der Waals surface area contributed by atoms with Gasteiger partial charge in [0, 0.05) is 17.5 Å². The summed E-state index contributed by atoms with van der Waals surface area (Å²) in [7, 11) is 0. The molecule has 152 valence electrons. The van der Waals surface area contributed by atoms with E-state index < -0.39 is 0 Å². The minimum absolute atomic E-state index is 0.159. The zero-order valence-corrected chi connectivity index (χ0v) is 16.6. The van der Waals surface area contributed by atoms with Gasteiger partial charge < -0.3 is 10.1 Å². The van der Waals surface area contributed by atoms with Crippen LogP contribution in [0.3, 0.4) is 0 Å². The molecule has 0 fully saturated rings. The van der Waals surface area contributed by atoms with Crippen LogP contribution in [0.2, 0.25) is 0 Å². The van der Waals surface area contributed by atoms with E-state index in [-0.39, 0.29) is 11.7 Å². The first kappa shape index (κ1) is 19.6. The number of ether oxygens (including phenoxy) is 1. The first-order valence-corrected chi connectivity index (χ1v) is 9.82. The zero-order chi connectivity index (χ0) is 20.9. The lowest BCUT2D eigenvalue weighted by atomic mass is 10.1. The summed E-state index contributed by atoms with van der Waals surface area (Å²) in [5.74, 6) is 0.360. The van der Waals surface area contributed by atoms with Gasteiger partial charge in [0.15, 0.2) is 0 Å². The number of aromatic nitrogens is 2. The molecule has 0 aliphatic heterocycles. The Bertz CT molecular complexity index is 1170. The number of hydrogen-bond donors (Lipinski definition) is 1. The van der Waals surface area contributed by atoms with Gasteiger partial charge in [-0.15, -0.1) is 0 Å². The predicted molar refractivity (Wildman–Crippen MR) is 114 cm³/mol. The van der Waals surface area contributed by atoms with Gasteiger partial charge in [-0.25, -0.2) is 4.39 Å². The van der Waals surface area contributed by atoms with Crippen molar-refractivity contribution >= 4 is 16.8 Å². The molecule has 3 aromatic carbocycles. The quantitative estimate of drug-likeness (QED) is 0.492. The SMILES string of the molecule is CCOc1cccc(CNC(=O)c2ccc3cnn(Cc4ccc(F)cc4)c3c2)c1. The maximum absolute atomic E-state index is 13.1. The molecule has 30 heavy (non-hydrogen) atoms. The third-order valence-electron chi connectivity index (χ3n) is 4.82. The molecule has 0 unspecified atom stereocenters. The smallest absolute Gasteiger partial charge is 0.251 e. The fraction of sp³-hybridized carbons (Fsp3) is 0.167. The van der Waals surface area contributed by atoms with Crippen LogP contribution < -0.4 is 10.1 Å². The van der Waals surface area contributed by atoms with Gasteiger partial charge in [0.1, 0.15) is 11.6 Å². The Hall–Kier alpha value is -3.67. The third-order valence-corrected chi connectivity index (χ3v) is 4.82. The molecule has 1 N–H and O–H groups in total. The normalized spacial score (nSPS) is 10.9. The molecule has 0 aliphatic carbocycles. The standard InChI is InChI=1S/C24H22FN3O2/c1-2-30-22-5-3-4-18(12-22)14-26-24(29)19-8-9-20-15-27-28(23(20)13-19)16-17-6-10-21(25)11-7-17/h3-13,15H,2,14,16H2,1H3,(H,26,29). The van der Waals surface area contributed by atoms with Gasteiger partial charge in [0.2, 0.25) is 0 Å². The van der Waals surface area contributed by atoms with Crippen LogP contribution in [0, 0.1) is 5.82 Å². The Morgan fingerprint density at radius 3 is 2.70 bits per heavy atom.